The molecule has 0 aliphatic rings. The van der Waals surface area contributed by atoms with E-state index in [9.17, 15) is 10.5 Å². The summed E-state index contributed by atoms with van der Waals surface area (Å²) in [6.07, 6.45) is 51.0. The molecular weight excluding hydrogens is 909 g/mol. The highest BCUT2D eigenvalue weighted by atomic mass is 16.5. The van der Waals surface area contributed by atoms with Crippen molar-refractivity contribution in [3.8, 4) is 35.1 Å². The highest BCUT2D eigenvalue weighted by Gasteiger charge is 2.20. The van der Waals surface area contributed by atoms with Gasteiger partial charge in [0.15, 0.2) is 23.0 Å². The molecule has 0 saturated heterocycles. The summed E-state index contributed by atoms with van der Waals surface area (Å²) in [7, 11) is 0. The van der Waals surface area contributed by atoms with Crippen LogP contribution in [0, 0.1) is 22.7 Å². The zero-order valence-electron chi connectivity index (χ0n) is 48.1. The Labute approximate surface area is 453 Å². The molecule has 0 aliphatic carbocycles. The molecule has 0 spiro atoms. The molecule has 6 heteroatoms. The smallest absolute Gasteiger partial charge is 0.161 e. The van der Waals surface area contributed by atoms with Gasteiger partial charge in [-0.1, -0.05) is 259 Å². The van der Waals surface area contributed by atoms with Gasteiger partial charge in [0.2, 0.25) is 0 Å². The van der Waals surface area contributed by atoms with Crippen molar-refractivity contribution >= 4 is 32.3 Å². The van der Waals surface area contributed by atoms with E-state index in [1.807, 2.05) is 12.1 Å². The molecule has 0 radical (unpaired) electrons. The van der Waals surface area contributed by atoms with Gasteiger partial charge in [0.05, 0.1) is 37.6 Å². The first-order valence-corrected chi connectivity index (χ1v) is 31.5. The third-order valence-corrected chi connectivity index (χ3v) is 15.5. The van der Waals surface area contributed by atoms with Gasteiger partial charge in [-0.2, -0.15) is 10.5 Å². The second-order valence-electron chi connectivity index (χ2n) is 22.0. The number of nitrogens with zero attached hydrogens (tertiary/aromatic N) is 2. The van der Waals surface area contributed by atoms with Crippen LogP contribution in [0.4, 0.5) is 0 Å². The van der Waals surface area contributed by atoms with Crippen molar-refractivity contribution in [1.82, 2.24) is 0 Å². The predicted molar refractivity (Wildman–Crippen MR) is 318 cm³/mol. The summed E-state index contributed by atoms with van der Waals surface area (Å²) < 4.78 is 26.9. The summed E-state index contributed by atoms with van der Waals surface area (Å²) in [5, 5.41) is 26.5. The maximum absolute atomic E-state index is 10.3. The lowest BCUT2D eigenvalue weighted by atomic mass is 9.91. The monoisotopic (exact) mass is 1010 g/mol. The lowest BCUT2D eigenvalue weighted by molar-refractivity contribution is 0.258. The van der Waals surface area contributed by atoms with E-state index in [1.54, 1.807) is 0 Å². The predicted octanol–water partition coefficient (Wildman–Crippen LogP) is 22.1. The van der Waals surface area contributed by atoms with Crippen LogP contribution in [0.15, 0.2) is 36.4 Å². The quantitative estimate of drug-likeness (QED) is 0.0324. The number of nitriles is 2. The number of fused-ring (bicyclic) bond motifs is 6. The summed E-state index contributed by atoms with van der Waals surface area (Å²) in [6, 6.07) is 17.1. The fourth-order valence-electron chi connectivity index (χ4n) is 10.8. The van der Waals surface area contributed by atoms with Crippen molar-refractivity contribution < 1.29 is 18.9 Å². The number of hydrogen-bond donors (Lipinski definition) is 0. The second kappa shape index (κ2) is 41.1. The van der Waals surface area contributed by atoms with Crippen LogP contribution in [0.1, 0.15) is 296 Å². The topological polar surface area (TPSA) is 84.5 Å². The Morgan fingerprint density at radius 2 is 0.405 bits per heavy atom. The molecule has 74 heavy (non-hydrogen) atoms. The maximum Gasteiger partial charge on any atom is 0.161 e. The number of unbranched alkanes of at least 4 members (excludes halogenated alkanes) is 36. The molecule has 0 heterocycles. The fourth-order valence-corrected chi connectivity index (χ4v) is 10.8. The molecule has 0 saturated carbocycles. The van der Waals surface area contributed by atoms with Gasteiger partial charge in [0.1, 0.15) is 12.1 Å². The first-order chi connectivity index (χ1) is 36.6. The molecule has 0 aromatic heterocycles. The van der Waals surface area contributed by atoms with Gasteiger partial charge >= 0.3 is 0 Å². The van der Waals surface area contributed by atoms with Crippen molar-refractivity contribution in [3.05, 3.63) is 47.5 Å². The van der Waals surface area contributed by atoms with Gasteiger partial charge in [-0.25, -0.2) is 0 Å². The molecule has 4 aromatic rings. The first kappa shape index (κ1) is 62.4. The van der Waals surface area contributed by atoms with Gasteiger partial charge in [0, 0.05) is 0 Å². The van der Waals surface area contributed by atoms with E-state index in [1.165, 1.54) is 205 Å². The number of rotatable bonds is 48. The van der Waals surface area contributed by atoms with E-state index in [4.69, 9.17) is 18.9 Å². The molecule has 6 nitrogen and oxygen atoms in total. The van der Waals surface area contributed by atoms with Crippen molar-refractivity contribution in [2.24, 2.45) is 0 Å². The zero-order valence-corrected chi connectivity index (χ0v) is 48.1. The Bertz CT molecular complexity index is 2010. The zero-order chi connectivity index (χ0) is 52.5. The lowest BCUT2D eigenvalue weighted by Crippen LogP contribution is -2.04. The normalized spacial score (nSPS) is 11.4. The lowest BCUT2D eigenvalue weighted by Gasteiger charge is -2.19. The van der Waals surface area contributed by atoms with E-state index in [0.717, 1.165) is 107 Å². The highest BCUT2D eigenvalue weighted by Crippen LogP contribution is 2.45. The molecule has 0 bridgehead atoms. The summed E-state index contributed by atoms with van der Waals surface area (Å²) in [5.74, 6) is 3.03. The summed E-state index contributed by atoms with van der Waals surface area (Å²) in [4.78, 5) is 0. The van der Waals surface area contributed by atoms with Crippen molar-refractivity contribution in [3.63, 3.8) is 0 Å². The van der Waals surface area contributed by atoms with Gasteiger partial charge in [-0.15, -0.1) is 0 Å². The summed E-state index contributed by atoms with van der Waals surface area (Å²) >= 11 is 0. The second-order valence-corrected chi connectivity index (χ2v) is 22.0. The maximum atomic E-state index is 10.3. The Morgan fingerprint density at radius 1 is 0.243 bits per heavy atom. The van der Waals surface area contributed by atoms with Gasteiger partial charge in [-0.05, 0) is 94.4 Å². The van der Waals surface area contributed by atoms with Crippen LogP contribution in [-0.2, 0) is 0 Å². The first-order valence-electron chi connectivity index (χ1n) is 31.5. The number of ether oxygens (including phenoxy) is 4. The molecule has 0 N–H and O–H groups in total. The molecule has 4 rings (SSSR count). The van der Waals surface area contributed by atoms with Crippen LogP contribution in [0.25, 0.3) is 32.3 Å². The van der Waals surface area contributed by atoms with Crippen LogP contribution in [-0.4, -0.2) is 26.4 Å². The van der Waals surface area contributed by atoms with E-state index < -0.39 is 0 Å². The van der Waals surface area contributed by atoms with Crippen LogP contribution >= 0.6 is 0 Å². The van der Waals surface area contributed by atoms with Crippen molar-refractivity contribution in [1.29, 1.82) is 10.5 Å². The van der Waals surface area contributed by atoms with Crippen LogP contribution in [0.2, 0.25) is 0 Å². The minimum absolute atomic E-state index is 0.378. The highest BCUT2D eigenvalue weighted by molar-refractivity contribution is 6.26. The Hall–Kier alpha value is -4.16. The van der Waals surface area contributed by atoms with Gasteiger partial charge < -0.3 is 18.9 Å². The average Bonchev–Trinajstić information content (AvgIpc) is 3.42. The Balaban J connectivity index is 1.63. The summed E-state index contributed by atoms with van der Waals surface area (Å²) in [6.45, 7) is 11.7. The molecule has 412 valence electrons. The van der Waals surface area contributed by atoms with E-state index >= 15 is 0 Å². The standard InChI is InChI=1S/C68H106N2O4/c1-5-9-13-17-21-25-29-33-37-41-45-71-65-51-61-59-49-57(55-69)58(56-70)50-60(59)62-52-66(72-46-42-38-34-30-26-22-18-14-10-6-2)68(74-48-44-40-36-32-28-24-20-16-12-8-4)54-64(62)63(61)53-67(65)73-47-43-39-35-31-27-23-19-15-11-7-3/h49-54H,5-48H2,1-4H3. The molecule has 4 aromatic carbocycles. The molecule has 0 amide bonds. The Kier molecular flexibility index (Phi) is 34.6. The molecule has 0 fully saturated rings. The average molecular weight is 1020 g/mol. The van der Waals surface area contributed by atoms with E-state index in [2.05, 4.69) is 64.1 Å². The van der Waals surface area contributed by atoms with E-state index in [0.29, 0.717) is 37.6 Å². The van der Waals surface area contributed by atoms with Gasteiger partial charge in [-0.3, -0.25) is 0 Å². The third-order valence-electron chi connectivity index (χ3n) is 15.5. The van der Waals surface area contributed by atoms with Crippen molar-refractivity contribution in [2.75, 3.05) is 26.4 Å². The minimum Gasteiger partial charge on any atom is -0.490 e. The third kappa shape index (κ3) is 24.2. The largest absolute Gasteiger partial charge is 0.490 e. The van der Waals surface area contributed by atoms with Gasteiger partial charge in [0.25, 0.3) is 0 Å². The molecule has 0 unspecified atom stereocenters. The number of hydrogen-bond acceptors (Lipinski definition) is 6. The fraction of sp³-hybridized carbons (Fsp3) is 0.706. The van der Waals surface area contributed by atoms with Crippen LogP contribution in [0.3, 0.4) is 0 Å². The van der Waals surface area contributed by atoms with E-state index in [-0.39, 0.29) is 0 Å². The van der Waals surface area contributed by atoms with Crippen LogP contribution < -0.4 is 18.9 Å². The SMILES string of the molecule is CCCCCCCCCCCCOc1cc2c3cc(C#N)c(C#N)cc3c3cc(OCCCCCCCCCCCC)c(OCCCCCCCCCCCC)cc3c2cc1OCCCCCCCCCCCC. The summed E-state index contributed by atoms with van der Waals surface area (Å²) in [5.41, 5.74) is 0.757. The molecular formula is C68H106N2O4. The minimum atomic E-state index is 0.378. The Morgan fingerprint density at radius 3 is 0.581 bits per heavy atom. The molecule has 0 atom stereocenters. The molecule has 0 aliphatic heterocycles. The number of benzene rings is 4. The van der Waals surface area contributed by atoms with Crippen molar-refractivity contribution in [2.45, 2.75) is 285 Å². The van der Waals surface area contributed by atoms with Crippen LogP contribution in [0.5, 0.6) is 23.0 Å².